The van der Waals surface area contributed by atoms with Crippen LogP contribution >= 0.6 is 0 Å². The highest BCUT2D eigenvalue weighted by Gasteiger charge is 2.25. The number of benzene rings is 1. The van der Waals surface area contributed by atoms with Crippen LogP contribution in [0.4, 0.5) is 0 Å². The highest BCUT2D eigenvalue weighted by atomic mass is 16.5. The number of carbonyl (C=O) groups is 1. The number of nitrogens with zero attached hydrogens (tertiary/aromatic N) is 4. The summed E-state index contributed by atoms with van der Waals surface area (Å²) in [6, 6.07) is 7.31. The molecule has 1 aliphatic heterocycles. The van der Waals surface area contributed by atoms with Gasteiger partial charge in [0.2, 0.25) is 0 Å². The van der Waals surface area contributed by atoms with Crippen LogP contribution in [0.2, 0.25) is 0 Å². The molecule has 24 heavy (non-hydrogen) atoms. The fraction of sp³-hybridized carbons (Fsp3) is 0.375. The molecule has 124 valence electrons. The second kappa shape index (κ2) is 6.04. The fourth-order valence-electron chi connectivity index (χ4n) is 2.97. The molecule has 1 aromatic carbocycles. The van der Waals surface area contributed by atoms with Crippen molar-refractivity contribution >= 4 is 16.9 Å². The first-order valence-electron chi connectivity index (χ1n) is 7.81. The Kier molecular flexibility index (Phi) is 3.73. The molecular formula is C16H17N5O3. The maximum atomic E-state index is 12.5. The van der Waals surface area contributed by atoms with E-state index in [1.54, 1.807) is 13.2 Å². The monoisotopic (exact) mass is 327 g/mol. The van der Waals surface area contributed by atoms with E-state index in [1.807, 2.05) is 22.9 Å². The van der Waals surface area contributed by atoms with Crippen LogP contribution < -0.4 is 5.32 Å². The van der Waals surface area contributed by atoms with Crippen molar-refractivity contribution in [3.63, 3.8) is 0 Å². The lowest BCUT2D eigenvalue weighted by atomic mass is 10.1. The number of aromatic nitrogens is 4. The number of para-hydroxylation sites is 1. The summed E-state index contributed by atoms with van der Waals surface area (Å²) in [6.07, 6.45) is 1.58. The summed E-state index contributed by atoms with van der Waals surface area (Å²) >= 11 is 0. The van der Waals surface area contributed by atoms with Crippen LogP contribution in [0.25, 0.3) is 11.0 Å². The first-order chi connectivity index (χ1) is 11.7. The zero-order valence-corrected chi connectivity index (χ0v) is 13.2. The molecule has 0 radical (unpaired) electrons. The van der Waals surface area contributed by atoms with Gasteiger partial charge in [0.15, 0.2) is 17.1 Å². The summed E-state index contributed by atoms with van der Waals surface area (Å²) < 4.78 is 12.1. The van der Waals surface area contributed by atoms with Gasteiger partial charge in [0.1, 0.15) is 12.4 Å². The Balaban J connectivity index is 1.48. The van der Waals surface area contributed by atoms with E-state index in [-0.39, 0.29) is 11.9 Å². The van der Waals surface area contributed by atoms with E-state index in [0.29, 0.717) is 30.3 Å². The van der Waals surface area contributed by atoms with Crippen molar-refractivity contribution in [2.24, 2.45) is 0 Å². The topological polar surface area (TPSA) is 95.1 Å². The Labute approximate surface area is 137 Å². The van der Waals surface area contributed by atoms with Crippen LogP contribution in [-0.2, 0) is 24.3 Å². The number of fused-ring (bicyclic) bond motifs is 2. The lowest BCUT2D eigenvalue weighted by Crippen LogP contribution is -2.41. The number of hydrogen-bond acceptors (Lipinski definition) is 6. The molecule has 3 heterocycles. The van der Waals surface area contributed by atoms with Crippen molar-refractivity contribution in [1.82, 2.24) is 25.2 Å². The SMILES string of the molecule is COCc1nc2n(n1)CC(NC(=O)c1noc3ccccc13)CC2. The summed E-state index contributed by atoms with van der Waals surface area (Å²) in [6.45, 7) is 0.982. The van der Waals surface area contributed by atoms with Gasteiger partial charge in [-0.25, -0.2) is 9.67 Å². The zero-order chi connectivity index (χ0) is 16.5. The molecular weight excluding hydrogens is 310 g/mol. The minimum absolute atomic E-state index is 0.0162. The molecule has 1 aliphatic rings. The van der Waals surface area contributed by atoms with E-state index in [4.69, 9.17) is 9.26 Å². The van der Waals surface area contributed by atoms with Crippen molar-refractivity contribution in [2.45, 2.75) is 32.0 Å². The Hall–Kier alpha value is -2.74. The number of nitrogens with one attached hydrogen (secondary N) is 1. The molecule has 0 fully saturated rings. The fourth-order valence-corrected chi connectivity index (χ4v) is 2.97. The van der Waals surface area contributed by atoms with Gasteiger partial charge < -0.3 is 14.6 Å². The smallest absolute Gasteiger partial charge is 0.274 e. The molecule has 1 N–H and O–H groups in total. The van der Waals surface area contributed by atoms with Gasteiger partial charge in [0, 0.05) is 19.6 Å². The van der Waals surface area contributed by atoms with Crippen LogP contribution in [0.5, 0.6) is 0 Å². The normalized spacial score (nSPS) is 17.0. The maximum Gasteiger partial charge on any atom is 0.274 e. The van der Waals surface area contributed by atoms with Crippen LogP contribution in [-0.4, -0.2) is 39.0 Å². The average molecular weight is 327 g/mol. The minimum atomic E-state index is -0.231. The highest BCUT2D eigenvalue weighted by molar-refractivity contribution is 6.04. The second-order valence-corrected chi connectivity index (χ2v) is 5.80. The lowest BCUT2D eigenvalue weighted by Gasteiger charge is -2.23. The molecule has 8 heteroatoms. The summed E-state index contributed by atoms with van der Waals surface area (Å²) in [7, 11) is 1.62. The second-order valence-electron chi connectivity index (χ2n) is 5.80. The maximum absolute atomic E-state index is 12.5. The molecule has 0 spiro atoms. The Morgan fingerprint density at radius 3 is 3.21 bits per heavy atom. The van der Waals surface area contributed by atoms with E-state index in [0.717, 1.165) is 24.1 Å². The largest absolute Gasteiger partial charge is 0.377 e. The van der Waals surface area contributed by atoms with E-state index < -0.39 is 0 Å². The third-order valence-corrected chi connectivity index (χ3v) is 4.10. The predicted molar refractivity (Wildman–Crippen MR) is 84.3 cm³/mol. The first-order valence-corrected chi connectivity index (χ1v) is 7.81. The molecule has 8 nitrogen and oxygen atoms in total. The summed E-state index contributed by atoms with van der Waals surface area (Å²) in [5.41, 5.74) is 0.920. The van der Waals surface area contributed by atoms with Crippen LogP contribution in [0.1, 0.15) is 28.6 Å². The van der Waals surface area contributed by atoms with Crippen molar-refractivity contribution in [3.05, 3.63) is 41.6 Å². The number of ether oxygens (including phenoxy) is 1. The Bertz CT molecular complexity index is 885. The number of methoxy groups -OCH3 is 1. The van der Waals surface area contributed by atoms with Gasteiger partial charge in [0.25, 0.3) is 5.91 Å². The van der Waals surface area contributed by atoms with E-state index in [2.05, 4.69) is 20.6 Å². The van der Waals surface area contributed by atoms with Gasteiger partial charge in [-0.2, -0.15) is 5.10 Å². The minimum Gasteiger partial charge on any atom is -0.377 e. The summed E-state index contributed by atoms with van der Waals surface area (Å²) in [5.74, 6) is 1.37. The summed E-state index contributed by atoms with van der Waals surface area (Å²) in [4.78, 5) is 16.9. The zero-order valence-electron chi connectivity index (χ0n) is 13.2. The number of rotatable bonds is 4. The summed E-state index contributed by atoms with van der Waals surface area (Å²) in [5, 5.41) is 12.0. The van der Waals surface area contributed by atoms with E-state index in [9.17, 15) is 4.79 Å². The molecule has 0 saturated carbocycles. The average Bonchev–Trinajstić information content (AvgIpc) is 3.18. The highest BCUT2D eigenvalue weighted by Crippen LogP contribution is 2.19. The van der Waals surface area contributed by atoms with Gasteiger partial charge >= 0.3 is 0 Å². The van der Waals surface area contributed by atoms with E-state index in [1.165, 1.54) is 0 Å². The molecule has 1 atom stereocenters. The first kappa shape index (κ1) is 14.8. The standard InChI is InChI=1S/C16H17N5O3/c1-23-9-13-18-14-7-6-10(8-21(14)19-13)17-16(22)15-11-4-2-3-5-12(11)24-20-15/h2-5,10H,6-9H2,1H3,(H,17,22). The van der Waals surface area contributed by atoms with Gasteiger partial charge in [-0.1, -0.05) is 17.3 Å². The van der Waals surface area contributed by atoms with Crippen molar-refractivity contribution in [3.8, 4) is 0 Å². The van der Waals surface area contributed by atoms with Gasteiger partial charge in [-0.3, -0.25) is 4.79 Å². The molecule has 0 bridgehead atoms. The Morgan fingerprint density at radius 1 is 1.46 bits per heavy atom. The molecule has 0 saturated heterocycles. The van der Waals surface area contributed by atoms with Crippen molar-refractivity contribution < 1.29 is 14.1 Å². The quantitative estimate of drug-likeness (QED) is 0.776. The van der Waals surface area contributed by atoms with Gasteiger partial charge in [-0.05, 0) is 18.6 Å². The van der Waals surface area contributed by atoms with Crippen molar-refractivity contribution in [2.75, 3.05) is 7.11 Å². The van der Waals surface area contributed by atoms with Crippen LogP contribution in [0.3, 0.4) is 0 Å². The molecule has 1 amide bonds. The molecule has 1 unspecified atom stereocenters. The van der Waals surface area contributed by atoms with Gasteiger partial charge in [0.05, 0.1) is 11.9 Å². The van der Waals surface area contributed by atoms with Gasteiger partial charge in [-0.15, -0.1) is 0 Å². The number of aryl methyl sites for hydroxylation is 1. The number of hydrogen-bond donors (Lipinski definition) is 1. The van der Waals surface area contributed by atoms with E-state index >= 15 is 0 Å². The molecule has 0 aliphatic carbocycles. The van der Waals surface area contributed by atoms with Crippen LogP contribution in [0, 0.1) is 0 Å². The number of amides is 1. The molecule has 3 aromatic rings. The van der Waals surface area contributed by atoms with Crippen molar-refractivity contribution in [1.29, 1.82) is 0 Å². The van der Waals surface area contributed by atoms with Crippen LogP contribution in [0.15, 0.2) is 28.8 Å². The third-order valence-electron chi connectivity index (χ3n) is 4.10. The molecule has 4 rings (SSSR count). The lowest BCUT2D eigenvalue weighted by molar-refractivity contribution is 0.0918. The predicted octanol–water partition coefficient (Wildman–Crippen LogP) is 1.31. The molecule has 2 aromatic heterocycles. The Morgan fingerprint density at radius 2 is 2.33 bits per heavy atom. The number of carbonyl (C=O) groups excluding carboxylic acids is 1. The third kappa shape index (κ3) is 2.65.